The fourth-order valence-electron chi connectivity index (χ4n) is 13.3. The minimum atomic E-state index is -2.83. The molecule has 5 aliphatic carbocycles. The maximum absolute atomic E-state index is 13.8. The van der Waals surface area contributed by atoms with E-state index in [4.69, 9.17) is 0 Å². The van der Waals surface area contributed by atoms with Gasteiger partial charge in [-0.1, -0.05) is 54.2 Å². The van der Waals surface area contributed by atoms with Gasteiger partial charge in [0.05, 0.1) is 11.5 Å². The van der Waals surface area contributed by atoms with E-state index in [9.17, 15) is 12.8 Å². The number of allylic oxidation sites excluding steroid dienone is 5. The summed E-state index contributed by atoms with van der Waals surface area (Å²) in [5.74, 6) is 3.82. The molecular formula is C38H61FN2O2S. The number of fused-ring (bicyclic) bond motifs is 7. The molecule has 6 rings (SSSR count). The van der Waals surface area contributed by atoms with E-state index >= 15 is 0 Å². The van der Waals surface area contributed by atoms with Crippen molar-refractivity contribution in [2.24, 2.45) is 51.2 Å². The molecule has 1 aliphatic heterocycles. The Morgan fingerprint density at radius 1 is 1.00 bits per heavy atom. The molecule has 3 unspecified atom stereocenters. The van der Waals surface area contributed by atoms with Crippen molar-refractivity contribution >= 4 is 9.84 Å². The molecule has 0 bridgehead atoms. The number of halogens is 1. The van der Waals surface area contributed by atoms with E-state index in [0.29, 0.717) is 47.3 Å². The first-order valence-electron chi connectivity index (χ1n) is 17.9. The summed E-state index contributed by atoms with van der Waals surface area (Å²) in [5, 5.41) is 4.19. The topological polar surface area (TPSA) is 49.4 Å². The first-order chi connectivity index (χ1) is 20.5. The fraction of sp³-hybridized carbons (Fsp3) is 0.842. The van der Waals surface area contributed by atoms with Gasteiger partial charge in [0.1, 0.15) is 5.83 Å². The molecule has 5 fully saturated rings. The summed E-state index contributed by atoms with van der Waals surface area (Å²) in [7, 11) is -2.83. The first kappa shape index (κ1) is 32.9. The highest BCUT2D eigenvalue weighted by Gasteiger charge is 2.70. The Hall–Kier alpha value is -0.980. The molecule has 1 heterocycles. The highest BCUT2D eigenvalue weighted by Crippen LogP contribution is 2.76. The molecule has 0 aromatic heterocycles. The molecular weight excluding hydrogens is 567 g/mol. The van der Waals surface area contributed by atoms with Gasteiger partial charge in [-0.2, -0.15) is 0 Å². The van der Waals surface area contributed by atoms with Crippen molar-refractivity contribution in [2.45, 2.75) is 112 Å². The van der Waals surface area contributed by atoms with Crippen LogP contribution in [0.2, 0.25) is 0 Å². The summed E-state index contributed by atoms with van der Waals surface area (Å²) < 4.78 is 37.7. The van der Waals surface area contributed by atoms with Gasteiger partial charge < -0.3 is 10.2 Å². The molecule has 0 aromatic rings. The van der Waals surface area contributed by atoms with Crippen molar-refractivity contribution < 1.29 is 12.8 Å². The van der Waals surface area contributed by atoms with E-state index in [2.05, 4.69) is 71.3 Å². The second kappa shape index (κ2) is 11.0. The van der Waals surface area contributed by atoms with Crippen molar-refractivity contribution in [2.75, 3.05) is 37.7 Å². The van der Waals surface area contributed by atoms with Crippen LogP contribution >= 0.6 is 0 Å². The van der Waals surface area contributed by atoms with Crippen molar-refractivity contribution in [1.29, 1.82) is 0 Å². The molecule has 44 heavy (non-hydrogen) atoms. The van der Waals surface area contributed by atoms with Crippen molar-refractivity contribution in [1.82, 2.24) is 10.2 Å². The Kier molecular flexibility index (Phi) is 8.27. The van der Waals surface area contributed by atoms with Gasteiger partial charge in [0, 0.05) is 31.7 Å². The zero-order valence-electron chi connectivity index (χ0n) is 28.9. The smallest absolute Gasteiger partial charge is 0.152 e. The third-order valence-electron chi connectivity index (χ3n) is 15.5. The van der Waals surface area contributed by atoms with E-state index in [1.54, 1.807) is 6.08 Å². The van der Waals surface area contributed by atoms with Gasteiger partial charge in [-0.25, -0.2) is 12.8 Å². The zero-order chi connectivity index (χ0) is 31.9. The molecule has 6 heteroatoms. The lowest BCUT2D eigenvalue weighted by Gasteiger charge is -2.72. The van der Waals surface area contributed by atoms with E-state index in [1.807, 2.05) is 0 Å². The number of hydrogen-bond donors (Lipinski definition) is 1. The van der Waals surface area contributed by atoms with Crippen LogP contribution in [0.1, 0.15) is 106 Å². The second-order valence-corrected chi connectivity index (χ2v) is 19.9. The lowest BCUT2D eigenvalue weighted by molar-refractivity contribution is -0.221. The molecule has 9 atom stereocenters. The molecule has 0 amide bonds. The van der Waals surface area contributed by atoms with Gasteiger partial charge in [-0.3, -0.25) is 0 Å². The predicted molar refractivity (Wildman–Crippen MR) is 181 cm³/mol. The molecule has 0 radical (unpaired) electrons. The minimum absolute atomic E-state index is 0.0201. The molecule has 1 N–H and O–H groups in total. The van der Waals surface area contributed by atoms with Crippen LogP contribution in [0, 0.1) is 51.2 Å². The Bertz CT molecular complexity index is 1320. The normalized spacial score (nSPS) is 46.7. The second-order valence-electron chi connectivity index (χ2n) is 17.6. The first-order valence-corrected chi connectivity index (χ1v) is 19.7. The Labute approximate surface area is 268 Å². The third kappa shape index (κ3) is 4.97. The van der Waals surface area contributed by atoms with E-state index in [-0.39, 0.29) is 22.2 Å². The largest absolute Gasteiger partial charge is 0.310 e. The summed E-state index contributed by atoms with van der Waals surface area (Å²) in [6.45, 7) is 24.3. The van der Waals surface area contributed by atoms with Crippen LogP contribution in [-0.2, 0) is 9.84 Å². The number of nitrogens with one attached hydrogen (secondary N) is 1. The molecule has 0 aromatic carbocycles. The number of sulfone groups is 1. The number of hydrogen-bond acceptors (Lipinski definition) is 4. The Morgan fingerprint density at radius 2 is 1.70 bits per heavy atom. The maximum atomic E-state index is 13.8. The minimum Gasteiger partial charge on any atom is -0.310 e. The van der Waals surface area contributed by atoms with E-state index < -0.39 is 9.84 Å². The van der Waals surface area contributed by atoms with Crippen LogP contribution in [0.25, 0.3) is 0 Å². The fourth-order valence-corrected chi connectivity index (χ4v) is 14.6. The van der Waals surface area contributed by atoms with Crippen LogP contribution in [-0.4, -0.2) is 56.5 Å². The molecule has 0 spiro atoms. The number of rotatable bonds is 6. The highest BCUT2D eigenvalue weighted by atomic mass is 32.2. The molecule has 4 nitrogen and oxygen atoms in total. The molecule has 248 valence electrons. The average Bonchev–Trinajstić information content (AvgIpc) is 3.25. The van der Waals surface area contributed by atoms with Crippen LogP contribution in [0.4, 0.5) is 4.39 Å². The van der Waals surface area contributed by atoms with Gasteiger partial charge in [-0.15, -0.1) is 0 Å². The third-order valence-corrected chi connectivity index (χ3v) is 17.1. The van der Waals surface area contributed by atoms with Gasteiger partial charge >= 0.3 is 0 Å². The van der Waals surface area contributed by atoms with Gasteiger partial charge in [0.25, 0.3) is 0 Å². The van der Waals surface area contributed by atoms with E-state index in [0.717, 1.165) is 42.8 Å². The average molecular weight is 629 g/mol. The van der Waals surface area contributed by atoms with Crippen molar-refractivity contribution in [3.8, 4) is 0 Å². The van der Waals surface area contributed by atoms with Crippen LogP contribution in [0.3, 0.4) is 0 Å². The van der Waals surface area contributed by atoms with Crippen molar-refractivity contribution in [3.05, 3.63) is 35.7 Å². The van der Waals surface area contributed by atoms with Gasteiger partial charge in [0.15, 0.2) is 9.84 Å². The summed E-state index contributed by atoms with van der Waals surface area (Å²) in [6.07, 6.45) is 15.7. The Morgan fingerprint density at radius 3 is 2.39 bits per heavy atom. The molecule has 1 saturated heterocycles. The summed E-state index contributed by atoms with van der Waals surface area (Å²) >= 11 is 0. The van der Waals surface area contributed by atoms with E-state index in [1.165, 1.54) is 56.9 Å². The van der Waals surface area contributed by atoms with Gasteiger partial charge in [-0.05, 0) is 133 Å². The van der Waals surface area contributed by atoms with Crippen LogP contribution in [0.5, 0.6) is 0 Å². The zero-order valence-corrected chi connectivity index (χ0v) is 29.7. The molecule has 6 aliphatic rings. The SMILES string of the molecule is C=C(F)/C=C(\C)C1=CC[C@@]2(C)C(CC[C@]3(C)C2CC[C@@H]2C4[C@H](C)CC[C@]4(NCCN4CCS(=O)(=O)CC4)CC[C@]23C)C1(C)C. The highest BCUT2D eigenvalue weighted by molar-refractivity contribution is 7.91. The summed E-state index contributed by atoms with van der Waals surface area (Å²) in [6, 6.07) is 0. The summed E-state index contributed by atoms with van der Waals surface area (Å²) in [4.78, 5) is 2.35. The number of nitrogens with zero attached hydrogens (tertiary/aromatic N) is 1. The quantitative estimate of drug-likeness (QED) is 0.302. The maximum Gasteiger partial charge on any atom is 0.152 e. The standard InChI is InChI=1S/C38H61FN2O2S/c1-26-11-16-38(40-19-20-41-21-23-44(42,43)24-22-41)18-17-36(7)30(33(26)38)9-10-32-35(6)14-12-29(27(2)25-28(3)39)34(4,5)31(35)13-15-37(32,36)8/h12,25-26,30-33,40H,3,9-11,13-24H2,1-2,4-8H3/b27-25+/t26-,30-,31?,32?,33?,35+,36-,37-,38+/m1/s1. The van der Waals surface area contributed by atoms with Crippen LogP contribution in [0.15, 0.2) is 35.7 Å². The Balaban J connectivity index is 1.23. The predicted octanol–water partition coefficient (Wildman–Crippen LogP) is 8.13. The van der Waals surface area contributed by atoms with Crippen molar-refractivity contribution in [3.63, 3.8) is 0 Å². The summed E-state index contributed by atoms with van der Waals surface area (Å²) in [5.41, 5.74) is 3.57. The van der Waals surface area contributed by atoms with Gasteiger partial charge in [0.2, 0.25) is 0 Å². The van der Waals surface area contributed by atoms with Crippen LogP contribution < -0.4 is 5.32 Å². The lowest BCUT2D eigenvalue weighted by atomic mass is 9.33. The molecule has 4 saturated carbocycles. The monoisotopic (exact) mass is 628 g/mol. The lowest BCUT2D eigenvalue weighted by Crippen LogP contribution is -2.68.